The molecule has 0 fully saturated rings. The van der Waals surface area contributed by atoms with Crippen LogP contribution in [0.15, 0.2) is 182 Å². The maximum absolute atomic E-state index is 2.35. The molecule has 0 unspecified atom stereocenters. The number of anilines is 6. The Hall–Kier alpha value is -6.64. The second-order valence-electron chi connectivity index (χ2n) is 15.1. The fourth-order valence-corrected chi connectivity index (χ4v) is 7.77. The summed E-state index contributed by atoms with van der Waals surface area (Å²) in [6.07, 6.45) is 0. The summed E-state index contributed by atoms with van der Waals surface area (Å²) in [6, 6.07) is 66.7. The van der Waals surface area contributed by atoms with Crippen LogP contribution < -0.4 is 9.80 Å². The fraction of sp³-hybridized carbons (Fsp3) is 0.111. The third-order valence-electron chi connectivity index (χ3n) is 10.8. The van der Waals surface area contributed by atoms with Gasteiger partial charge in [0.05, 0.1) is 0 Å². The van der Waals surface area contributed by atoms with Crippen molar-refractivity contribution in [2.45, 2.75) is 41.5 Å². The van der Waals surface area contributed by atoms with E-state index in [2.05, 4.69) is 233 Å². The second kappa shape index (κ2) is 15.6. The van der Waals surface area contributed by atoms with E-state index in [9.17, 15) is 0 Å². The minimum absolute atomic E-state index is 1.13. The molecule has 0 amide bonds. The van der Waals surface area contributed by atoms with Crippen molar-refractivity contribution in [3.05, 3.63) is 215 Å². The predicted octanol–water partition coefficient (Wildman–Crippen LogP) is 15.5. The first-order valence-electron chi connectivity index (χ1n) is 19.5. The van der Waals surface area contributed by atoms with Gasteiger partial charge in [-0.05, 0) is 159 Å². The molecule has 8 aromatic carbocycles. The van der Waals surface area contributed by atoms with E-state index in [1.165, 1.54) is 66.8 Å². The normalized spacial score (nSPS) is 11.0. The molecule has 0 aliphatic heterocycles. The molecule has 0 spiro atoms. The molecule has 8 aromatic rings. The van der Waals surface area contributed by atoms with Crippen molar-refractivity contribution < 1.29 is 0 Å². The Kier molecular flexibility index (Phi) is 10.1. The number of benzene rings is 8. The number of rotatable bonds is 9. The van der Waals surface area contributed by atoms with Crippen molar-refractivity contribution in [2.75, 3.05) is 9.80 Å². The summed E-state index contributed by atoms with van der Waals surface area (Å²) in [5.41, 5.74) is 21.6. The molecule has 0 aromatic heterocycles. The van der Waals surface area contributed by atoms with Crippen LogP contribution in [0, 0.1) is 41.5 Å². The largest absolute Gasteiger partial charge is 0.310 e. The molecule has 0 atom stereocenters. The average molecular weight is 725 g/mol. The minimum Gasteiger partial charge on any atom is -0.310 e. The maximum Gasteiger partial charge on any atom is 0.0464 e. The van der Waals surface area contributed by atoms with E-state index in [-0.39, 0.29) is 0 Å². The van der Waals surface area contributed by atoms with Gasteiger partial charge in [-0.3, -0.25) is 0 Å². The SMILES string of the molecule is Cc1ccc(N(c2ccc(C)cc2)c2ccc(-c3cccc(-c4ccc(N(c5ccc(C)cc5)c5ccc(C)cc5)cc4C)c3-c3ccccc3)c(C)c2)cc1. The fourth-order valence-electron chi connectivity index (χ4n) is 7.77. The summed E-state index contributed by atoms with van der Waals surface area (Å²) in [6.45, 7) is 13.0. The Morgan fingerprint density at radius 2 is 0.589 bits per heavy atom. The van der Waals surface area contributed by atoms with Crippen LogP contribution in [-0.2, 0) is 0 Å². The molecular formula is C54H48N2. The van der Waals surface area contributed by atoms with Gasteiger partial charge in [0.25, 0.3) is 0 Å². The zero-order valence-electron chi connectivity index (χ0n) is 33.2. The van der Waals surface area contributed by atoms with Crippen molar-refractivity contribution in [1.29, 1.82) is 0 Å². The standard InChI is InChI=1S/C54H48N2/c1-37-15-23-44(24-16-37)55(45-25-17-38(2)18-26-45)48-31-33-50(41(5)35-48)52-13-10-14-53(54(52)43-11-8-7-9-12-43)51-34-32-49(36-42(51)6)56(46-27-19-39(3)20-28-46)47-29-21-40(4)22-30-47/h7-36H,1-6H3. The van der Waals surface area contributed by atoms with Crippen LogP contribution in [0.25, 0.3) is 33.4 Å². The highest BCUT2D eigenvalue weighted by atomic mass is 15.1. The summed E-state index contributed by atoms with van der Waals surface area (Å²) in [5.74, 6) is 0. The maximum atomic E-state index is 2.35. The molecule has 56 heavy (non-hydrogen) atoms. The van der Waals surface area contributed by atoms with Gasteiger partial charge in [-0.15, -0.1) is 0 Å². The zero-order chi connectivity index (χ0) is 38.8. The lowest BCUT2D eigenvalue weighted by Crippen LogP contribution is -2.10. The zero-order valence-corrected chi connectivity index (χ0v) is 33.2. The second-order valence-corrected chi connectivity index (χ2v) is 15.1. The first-order valence-corrected chi connectivity index (χ1v) is 19.5. The molecule has 0 saturated heterocycles. The lowest BCUT2D eigenvalue weighted by atomic mass is 9.85. The van der Waals surface area contributed by atoms with Gasteiger partial charge in [0, 0.05) is 34.1 Å². The van der Waals surface area contributed by atoms with E-state index in [4.69, 9.17) is 0 Å². The molecule has 0 heterocycles. The Balaban J connectivity index is 1.24. The molecule has 0 aliphatic rings. The van der Waals surface area contributed by atoms with Crippen molar-refractivity contribution in [3.8, 4) is 33.4 Å². The summed E-state index contributed by atoms with van der Waals surface area (Å²) >= 11 is 0. The summed E-state index contributed by atoms with van der Waals surface area (Å²) < 4.78 is 0. The highest BCUT2D eigenvalue weighted by Crippen LogP contribution is 2.45. The molecule has 8 rings (SSSR count). The monoisotopic (exact) mass is 724 g/mol. The highest BCUT2D eigenvalue weighted by molar-refractivity contribution is 5.97. The molecule has 274 valence electrons. The Morgan fingerprint density at radius 1 is 0.268 bits per heavy atom. The smallest absolute Gasteiger partial charge is 0.0464 e. The van der Waals surface area contributed by atoms with Crippen molar-refractivity contribution >= 4 is 34.1 Å². The Labute approximate surface area is 333 Å². The molecule has 0 N–H and O–H groups in total. The molecule has 2 nitrogen and oxygen atoms in total. The minimum atomic E-state index is 1.13. The van der Waals surface area contributed by atoms with Crippen LogP contribution in [0.2, 0.25) is 0 Å². The third-order valence-corrected chi connectivity index (χ3v) is 10.8. The van der Waals surface area contributed by atoms with Crippen LogP contribution in [0.4, 0.5) is 34.1 Å². The lowest BCUT2D eigenvalue weighted by molar-refractivity contribution is 1.26. The predicted molar refractivity (Wildman–Crippen MR) is 241 cm³/mol. The Morgan fingerprint density at radius 3 is 0.911 bits per heavy atom. The van der Waals surface area contributed by atoms with Gasteiger partial charge in [-0.2, -0.15) is 0 Å². The molecule has 2 heteroatoms. The average Bonchev–Trinajstić information content (AvgIpc) is 3.21. The van der Waals surface area contributed by atoms with Crippen molar-refractivity contribution in [1.82, 2.24) is 0 Å². The molecular weight excluding hydrogens is 677 g/mol. The van der Waals surface area contributed by atoms with E-state index < -0.39 is 0 Å². The molecule has 0 bridgehead atoms. The van der Waals surface area contributed by atoms with Crippen molar-refractivity contribution in [2.24, 2.45) is 0 Å². The van der Waals surface area contributed by atoms with Gasteiger partial charge in [0.2, 0.25) is 0 Å². The molecule has 0 saturated carbocycles. The highest BCUT2D eigenvalue weighted by Gasteiger charge is 2.20. The Bertz CT molecular complexity index is 2350. The summed E-state index contributed by atoms with van der Waals surface area (Å²) in [5, 5.41) is 0. The van der Waals surface area contributed by atoms with Crippen LogP contribution in [0.3, 0.4) is 0 Å². The first kappa shape index (κ1) is 36.3. The van der Waals surface area contributed by atoms with E-state index in [1.54, 1.807) is 0 Å². The summed E-state index contributed by atoms with van der Waals surface area (Å²) in [4.78, 5) is 4.71. The van der Waals surface area contributed by atoms with E-state index in [0.29, 0.717) is 0 Å². The quantitative estimate of drug-likeness (QED) is 0.146. The van der Waals surface area contributed by atoms with Gasteiger partial charge in [-0.25, -0.2) is 0 Å². The molecule has 0 radical (unpaired) electrons. The number of hydrogen-bond donors (Lipinski definition) is 0. The van der Waals surface area contributed by atoms with Gasteiger partial charge in [-0.1, -0.05) is 131 Å². The number of nitrogens with zero attached hydrogens (tertiary/aromatic N) is 2. The number of hydrogen-bond acceptors (Lipinski definition) is 2. The third kappa shape index (κ3) is 7.39. The summed E-state index contributed by atoms with van der Waals surface area (Å²) in [7, 11) is 0. The topological polar surface area (TPSA) is 6.48 Å². The van der Waals surface area contributed by atoms with Gasteiger partial charge in [0.1, 0.15) is 0 Å². The van der Waals surface area contributed by atoms with Crippen LogP contribution in [-0.4, -0.2) is 0 Å². The van der Waals surface area contributed by atoms with Crippen LogP contribution in [0.5, 0.6) is 0 Å². The van der Waals surface area contributed by atoms with Gasteiger partial charge in [0.15, 0.2) is 0 Å². The lowest BCUT2D eigenvalue weighted by Gasteiger charge is -2.27. The van der Waals surface area contributed by atoms with Crippen LogP contribution in [0.1, 0.15) is 33.4 Å². The van der Waals surface area contributed by atoms with Gasteiger partial charge < -0.3 is 9.80 Å². The first-order chi connectivity index (χ1) is 27.2. The van der Waals surface area contributed by atoms with E-state index in [1.807, 2.05) is 0 Å². The van der Waals surface area contributed by atoms with Gasteiger partial charge >= 0.3 is 0 Å². The van der Waals surface area contributed by atoms with Crippen molar-refractivity contribution in [3.63, 3.8) is 0 Å². The van der Waals surface area contributed by atoms with E-state index >= 15 is 0 Å². The number of aryl methyl sites for hydroxylation is 6. The van der Waals surface area contributed by atoms with E-state index in [0.717, 1.165) is 34.1 Å². The van der Waals surface area contributed by atoms with Crippen LogP contribution >= 0.6 is 0 Å². The molecule has 0 aliphatic carbocycles.